The van der Waals surface area contributed by atoms with Crippen LogP contribution in [0.25, 0.3) is 0 Å². The van der Waals surface area contributed by atoms with E-state index in [1.807, 2.05) is 0 Å². The fraction of sp³-hybridized carbons (Fsp3) is 0.462. The molecule has 3 rings (SSSR count). The first-order valence-electron chi connectivity index (χ1n) is 11.8. The normalized spacial score (nSPS) is 17.3. The highest BCUT2D eigenvalue weighted by Crippen LogP contribution is 2.30. The van der Waals surface area contributed by atoms with Crippen LogP contribution in [0.15, 0.2) is 36.4 Å². The van der Waals surface area contributed by atoms with E-state index in [0.717, 1.165) is 12.6 Å². The maximum absolute atomic E-state index is 11.4. The number of para-hydroxylation sites is 1. The third-order valence-corrected chi connectivity index (χ3v) is 4.91. The van der Waals surface area contributed by atoms with E-state index in [1.54, 1.807) is 36.4 Å². The van der Waals surface area contributed by atoms with Gasteiger partial charge < -0.3 is 37.9 Å². The molecule has 2 aromatic rings. The molecular formula is C26H32O10. The van der Waals surface area contributed by atoms with E-state index in [9.17, 15) is 9.59 Å². The summed E-state index contributed by atoms with van der Waals surface area (Å²) in [6.07, 6.45) is 1.48. The Hall–Kier alpha value is -3.18. The van der Waals surface area contributed by atoms with Gasteiger partial charge in [-0.15, -0.1) is 0 Å². The van der Waals surface area contributed by atoms with Crippen molar-refractivity contribution in [2.75, 3.05) is 79.3 Å². The van der Waals surface area contributed by atoms with Crippen LogP contribution in [0, 0.1) is 0 Å². The quantitative estimate of drug-likeness (QED) is 0.567. The fourth-order valence-corrected chi connectivity index (χ4v) is 3.20. The number of ether oxygens (including phenoxy) is 8. The van der Waals surface area contributed by atoms with Gasteiger partial charge in [0.05, 0.1) is 58.4 Å². The van der Waals surface area contributed by atoms with Crippen molar-refractivity contribution >= 4 is 12.6 Å². The zero-order valence-electron chi connectivity index (χ0n) is 20.2. The van der Waals surface area contributed by atoms with Crippen LogP contribution in [0.4, 0.5) is 0 Å². The number of fused-ring (bicyclic) bond motifs is 2. The average molecular weight is 505 g/mol. The van der Waals surface area contributed by atoms with Gasteiger partial charge in [-0.1, -0.05) is 6.07 Å². The second-order valence-electron chi connectivity index (χ2n) is 7.46. The third kappa shape index (κ3) is 9.46. The lowest BCUT2D eigenvalue weighted by molar-refractivity contribution is 0.0223. The van der Waals surface area contributed by atoms with Gasteiger partial charge in [0.2, 0.25) is 0 Å². The Morgan fingerprint density at radius 1 is 0.500 bits per heavy atom. The molecule has 196 valence electrons. The number of aldehydes is 2. The summed E-state index contributed by atoms with van der Waals surface area (Å²) in [6.45, 7) is 3.99. The summed E-state index contributed by atoms with van der Waals surface area (Å²) in [5.41, 5.74) is 0.891. The highest BCUT2D eigenvalue weighted by molar-refractivity contribution is 5.81. The summed E-state index contributed by atoms with van der Waals surface area (Å²) < 4.78 is 45.2. The molecule has 0 aromatic heterocycles. The molecule has 1 heterocycles. The van der Waals surface area contributed by atoms with E-state index in [1.165, 1.54) is 0 Å². The lowest BCUT2D eigenvalue weighted by Gasteiger charge is -2.15. The van der Waals surface area contributed by atoms with Gasteiger partial charge in [0.15, 0.2) is 29.3 Å². The molecule has 0 fully saturated rings. The van der Waals surface area contributed by atoms with Gasteiger partial charge >= 0.3 is 0 Å². The highest BCUT2D eigenvalue weighted by atomic mass is 16.6. The van der Waals surface area contributed by atoms with E-state index in [2.05, 4.69) is 0 Å². The van der Waals surface area contributed by atoms with Gasteiger partial charge in [0, 0.05) is 5.56 Å². The maximum atomic E-state index is 11.4. The van der Waals surface area contributed by atoms with Crippen molar-refractivity contribution in [2.45, 2.75) is 0 Å². The van der Waals surface area contributed by atoms with E-state index < -0.39 is 0 Å². The van der Waals surface area contributed by atoms with E-state index in [4.69, 9.17) is 37.9 Å². The Bertz CT molecular complexity index is 923. The van der Waals surface area contributed by atoms with Crippen molar-refractivity contribution in [1.82, 2.24) is 0 Å². The molecule has 0 atom stereocenters. The van der Waals surface area contributed by atoms with Crippen molar-refractivity contribution in [2.24, 2.45) is 0 Å². The lowest BCUT2D eigenvalue weighted by atomic mass is 10.2. The maximum Gasteiger partial charge on any atom is 0.171 e. The number of hydrogen-bond acceptors (Lipinski definition) is 10. The van der Waals surface area contributed by atoms with Crippen LogP contribution in [-0.4, -0.2) is 91.9 Å². The standard InChI is InChI=1S/C26H32O10/c27-19-21-4-5-23-25(18-21)35-16-12-31-7-6-30-11-15-34-24-3-1-2-22(20-28)26(24)36-17-13-32-9-8-29-10-14-33-23/h1-5,18-20H,6-17H2. The number of carbonyl (C=O) groups excluding carboxylic acids is 2. The summed E-state index contributed by atoms with van der Waals surface area (Å²) in [4.78, 5) is 22.5. The zero-order chi connectivity index (χ0) is 25.3. The fourth-order valence-electron chi connectivity index (χ4n) is 3.20. The predicted molar refractivity (Wildman–Crippen MR) is 129 cm³/mol. The van der Waals surface area contributed by atoms with Crippen molar-refractivity contribution in [3.05, 3.63) is 47.5 Å². The Morgan fingerprint density at radius 3 is 1.61 bits per heavy atom. The number of carbonyl (C=O) groups is 2. The Balaban J connectivity index is 1.52. The third-order valence-electron chi connectivity index (χ3n) is 4.91. The van der Waals surface area contributed by atoms with Gasteiger partial charge in [0.25, 0.3) is 0 Å². The molecule has 0 saturated heterocycles. The number of hydrogen-bond donors (Lipinski definition) is 0. The largest absolute Gasteiger partial charge is 0.487 e. The van der Waals surface area contributed by atoms with Crippen LogP contribution in [0.3, 0.4) is 0 Å². The van der Waals surface area contributed by atoms with Crippen LogP contribution < -0.4 is 18.9 Å². The molecule has 0 unspecified atom stereocenters. The zero-order valence-corrected chi connectivity index (χ0v) is 20.2. The molecule has 0 bridgehead atoms. The van der Waals surface area contributed by atoms with Crippen molar-refractivity contribution in [1.29, 1.82) is 0 Å². The molecule has 0 amide bonds. The molecule has 0 saturated carbocycles. The van der Waals surface area contributed by atoms with Gasteiger partial charge in [-0.3, -0.25) is 9.59 Å². The Labute approximate surface area is 210 Å². The van der Waals surface area contributed by atoms with Crippen molar-refractivity contribution in [3.63, 3.8) is 0 Å². The van der Waals surface area contributed by atoms with Crippen LogP contribution in [0.1, 0.15) is 20.7 Å². The second kappa shape index (κ2) is 16.5. The molecule has 0 radical (unpaired) electrons. The molecule has 10 nitrogen and oxygen atoms in total. The first-order chi connectivity index (χ1) is 17.8. The minimum atomic E-state index is 0.248. The van der Waals surface area contributed by atoms with E-state index >= 15 is 0 Å². The Kier molecular flexibility index (Phi) is 12.6. The summed E-state index contributed by atoms with van der Waals surface area (Å²) in [7, 11) is 0. The number of rotatable bonds is 2. The first kappa shape index (κ1) is 27.4. The lowest BCUT2D eigenvalue weighted by Crippen LogP contribution is -2.16. The Morgan fingerprint density at radius 2 is 1.03 bits per heavy atom. The van der Waals surface area contributed by atoms with E-state index in [-0.39, 0.29) is 19.8 Å². The molecule has 10 heteroatoms. The van der Waals surface area contributed by atoms with Crippen LogP contribution >= 0.6 is 0 Å². The molecule has 2 aromatic carbocycles. The van der Waals surface area contributed by atoms with Crippen LogP contribution in [-0.2, 0) is 18.9 Å². The monoisotopic (exact) mass is 504 g/mol. The molecule has 36 heavy (non-hydrogen) atoms. The van der Waals surface area contributed by atoms with Crippen molar-refractivity contribution in [3.8, 4) is 23.0 Å². The second-order valence-corrected chi connectivity index (χ2v) is 7.46. The predicted octanol–water partition coefficient (Wildman–Crippen LogP) is 2.61. The first-order valence-corrected chi connectivity index (χ1v) is 11.8. The molecule has 0 N–H and O–H groups in total. The summed E-state index contributed by atoms with van der Waals surface area (Å²) in [5, 5.41) is 0. The van der Waals surface area contributed by atoms with Gasteiger partial charge in [-0.2, -0.15) is 0 Å². The number of benzene rings is 2. The molecule has 1 aliphatic heterocycles. The molecule has 0 aliphatic carbocycles. The van der Waals surface area contributed by atoms with Gasteiger partial charge in [-0.25, -0.2) is 0 Å². The average Bonchev–Trinajstić information content (AvgIpc) is 2.91. The smallest absolute Gasteiger partial charge is 0.171 e. The topological polar surface area (TPSA) is 108 Å². The van der Waals surface area contributed by atoms with Crippen LogP contribution in [0.5, 0.6) is 23.0 Å². The van der Waals surface area contributed by atoms with E-state index in [0.29, 0.717) is 93.6 Å². The summed E-state index contributed by atoms with van der Waals surface area (Å²) >= 11 is 0. The minimum Gasteiger partial charge on any atom is -0.487 e. The minimum absolute atomic E-state index is 0.248. The molecular weight excluding hydrogens is 472 g/mol. The van der Waals surface area contributed by atoms with Gasteiger partial charge in [0.1, 0.15) is 32.7 Å². The molecule has 0 spiro atoms. The molecule has 1 aliphatic rings. The summed E-state index contributed by atoms with van der Waals surface area (Å²) in [6, 6.07) is 10.1. The SMILES string of the molecule is O=Cc1ccc2c(c1)OCCOCCOCCOc1cccc(C=O)c1OCCOCCOCCO2. The van der Waals surface area contributed by atoms with Gasteiger partial charge in [-0.05, 0) is 30.3 Å². The summed E-state index contributed by atoms with van der Waals surface area (Å²) in [5.74, 6) is 1.83. The highest BCUT2D eigenvalue weighted by Gasteiger charge is 2.11. The van der Waals surface area contributed by atoms with Crippen molar-refractivity contribution < 1.29 is 47.5 Å². The van der Waals surface area contributed by atoms with Crippen LogP contribution in [0.2, 0.25) is 0 Å².